The monoisotopic (exact) mass is 753 g/mol. The van der Waals surface area contributed by atoms with Gasteiger partial charge in [-0.3, -0.25) is 19.2 Å². The minimum Gasteiger partial charge on any atom is -0.346 e. The number of carbonyl (C=O) groups is 5. The summed E-state index contributed by atoms with van der Waals surface area (Å²) in [5, 5.41) is 11.3. The Morgan fingerprint density at radius 3 is 2.17 bits per heavy atom. The molecule has 0 bridgehead atoms. The van der Waals surface area contributed by atoms with Crippen molar-refractivity contribution in [1.29, 1.82) is 0 Å². The highest BCUT2D eigenvalue weighted by Crippen LogP contribution is 2.61. The third-order valence-corrected chi connectivity index (χ3v) is 14.4. The maximum Gasteiger partial charge on any atom is 0.315 e. The van der Waals surface area contributed by atoms with E-state index in [1.807, 2.05) is 51.1 Å². The first-order valence-corrected chi connectivity index (χ1v) is 20.8. The number of sulfone groups is 1. The molecule has 0 aromatic heterocycles. The molecular formula is C40H59N5O7S. The van der Waals surface area contributed by atoms with Gasteiger partial charge in [0.25, 0.3) is 5.91 Å². The van der Waals surface area contributed by atoms with E-state index in [4.69, 9.17) is 0 Å². The highest BCUT2D eigenvalue weighted by Gasteiger charge is 2.65. The van der Waals surface area contributed by atoms with Gasteiger partial charge in [-0.1, -0.05) is 89.3 Å². The molecule has 0 spiro atoms. The van der Waals surface area contributed by atoms with Crippen molar-refractivity contribution in [3.63, 3.8) is 0 Å². The Bertz CT molecular complexity index is 1670. The molecule has 6 atom stereocenters. The number of benzene rings is 1. The van der Waals surface area contributed by atoms with Crippen molar-refractivity contribution < 1.29 is 32.4 Å². The number of hydrogen-bond acceptors (Lipinski definition) is 7. The lowest BCUT2D eigenvalue weighted by Gasteiger charge is -2.41. The molecule has 4 fully saturated rings. The first-order valence-electron chi connectivity index (χ1n) is 19.2. The van der Waals surface area contributed by atoms with Gasteiger partial charge in [-0.05, 0) is 68.8 Å². The van der Waals surface area contributed by atoms with E-state index in [0.29, 0.717) is 19.3 Å². The molecule has 1 aromatic rings. The largest absolute Gasteiger partial charge is 0.346 e. The molecule has 3 aliphatic carbocycles. The Hall–Kier alpha value is -3.74. The minimum atomic E-state index is -3.58. The summed E-state index contributed by atoms with van der Waals surface area (Å²) in [5.74, 6) is -2.61. The van der Waals surface area contributed by atoms with Crippen molar-refractivity contribution >= 4 is 39.4 Å². The minimum absolute atomic E-state index is 0.00636. The molecule has 1 saturated heterocycles. The Morgan fingerprint density at radius 1 is 0.962 bits per heavy atom. The van der Waals surface area contributed by atoms with Gasteiger partial charge in [0.1, 0.15) is 12.1 Å². The third-order valence-electron chi connectivity index (χ3n) is 11.6. The van der Waals surface area contributed by atoms with E-state index in [-0.39, 0.29) is 42.5 Å². The quantitative estimate of drug-likeness (QED) is 0.164. The maximum atomic E-state index is 14.7. The molecule has 13 heteroatoms. The molecule has 292 valence electrons. The van der Waals surface area contributed by atoms with Gasteiger partial charge in [-0.25, -0.2) is 13.2 Å². The van der Waals surface area contributed by atoms with E-state index >= 15 is 0 Å². The number of nitrogens with zero attached hydrogens (tertiary/aromatic N) is 1. The fourth-order valence-electron chi connectivity index (χ4n) is 8.23. The topological polar surface area (TPSA) is 171 Å². The summed E-state index contributed by atoms with van der Waals surface area (Å²) < 4.78 is 25.8. The summed E-state index contributed by atoms with van der Waals surface area (Å²) in [6.07, 6.45) is 7.14. The summed E-state index contributed by atoms with van der Waals surface area (Å²) in [5.41, 5.74) is -0.692. The van der Waals surface area contributed by atoms with Crippen LogP contribution in [0.2, 0.25) is 0 Å². The number of likely N-dealkylation sites (tertiary alicyclic amines) is 1. The van der Waals surface area contributed by atoms with E-state index in [9.17, 15) is 32.4 Å². The zero-order valence-electron chi connectivity index (χ0n) is 32.2. The number of hydrogen-bond donors (Lipinski definition) is 4. The second-order valence-corrected chi connectivity index (χ2v) is 20.6. The number of ketones is 1. The predicted molar refractivity (Wildman–Crippen MR) is 203 cm³/mol. The highest BCUT2D eigenvalue weighted by molar-refractivity contribution is 7.92. The van der Waals surface area contributed by atoms with E-state index in [1.165, 1.54) is 11.0 Å². The summed E-state index contributed by atoms with van der Waals surface area (Å²) >= 11 is 0. The summed E-state index contributed by atoms with van der Waals surface area (Å²) in [6.45, 7) is 14.5. The molecule has 1 aromatic carbocycles. The van der Waals surface area contributed by atoms with Gasteiger partial charge < -0.3 is 26.2 Å². The fourth-order valence-corrected chi connectivity index (χ4v) is 9.75. The van der Waals surface area contributed by atoms with Crippen molar-refractivity contribution in [2.45, 2.75) is 127 Å². The molecule has 1 aliphatic heterocycles. The molecule has 4 N–H and O–H groups in total. The number of piperidine rings is 1. The van der Waals surface area contributed by atoms with Crippen LogP contribution in [0, 0.1) is 23.2 Å². The predicted octanol–water partition coefficient (Wildman–Crippen LogP) is 4.01. The smallest absolute Gasteiger partial charge is 0.315 e. The summed E-state index contributed by atoms with van der Waals surface area (Å²) in [4.78, 5) is 70.5. The maximum absolute atomic E-state index is 14.7. The van der Waals surface area contributed by atoms with Gasteiger partial charge in [-0.2, -0.15) is 0 Å². The van der Waals surface area contributed by atoms with Gasteiger partial charge in [0.15, 0.2) is 9.84 Å². The van der Waals surface area contributed by atoms with Crippen molar-refractivity contribution in [3.05, 3.63) is 48.6 Å². The third kappa shape index (κ3) is 9.32. The van der Waals surface area contributed by atoms with Crippen LogP contribution in [0.15, 0.2) is 43.0 Å². The Morgan fingerprint density at radius 2 is 1.60 bits per heavy atom. The molecule has 4 unspecified atom stereocenters. The normalized spacial score (nSPS) is 24.9. The van der Waals surface area contributed by atoms with Crippen molar-refractivity contribution in [2.75, 3.05) is 18.8 Å². The molecule has 3 saturated carbocycles. The van der Waals surface area contributed by atoms with Gasteiger partial charge in [-0.15, -0.1) is 6.58 Å². The molecule has 0 radical (unpaired) electrons. The molecule has 4 aliphatic rings. The van der Waals surface area contributed by atoms with E-state index < -0.39 is 73.2 Å². The van der Waals surface area contributed by atoms with Crippen molar-refractivity contribution in [3.8, 4) is 0 Å². The lowest BCUT2D eigenvalue weighted by Crippen LogP contribution is -2.64. The van der Waals surface area contributed by atoms with E-state index in [2.05, 4.69) is 27.8 Å². The van der Waals surface area contributed by atoms with Crippen LogP contribution < -0.4 is 21.3 Å². The molecule has 1 heterocycles. The molecular weight excluding hydrogens is 695 g/mol. The van der Waals surface area contributed by atoms with Crippen molar-refractivity contribution in [2.24, 2.45) is 23.2 Å². The molecule has 53 heavy (non-hydrogen) atoms. The highest BCUT2D eigenvalue weighted by atomic mass is 32.2. The van der Waals surface area contributed by atoms with Crippen LogP contribution in [0.3, 0.4) is 0 Å². The van der Waals surface area contributed by atoms with Gasteiger partial charge >= 0.3 is 6.03 Å². The zero-order valence-corrected chi connectivity index (χ0v) is 33.0. The van der Waals surface area contributed by atoms with Gasteiger partial charge in [0.05, 0.1) is 22.1 Å². The second kappa shape index (κ2) is 15.5. The molecule has 5 rings (SSSR count). The SMILES string of the molecule is C=CCNC(=O)C(=O)C(CC1CC1)NC(=O)C1C2C(c3ccccc3)[C@H]2CN1C(=O)[C@@H](NC(=O)NC1(CS(=O)(=O)C(C)(C)C)CCCCC1)C(C)(C)C. The number of urea groups is 1. The standard InChI is InChI=1S/C40H59N5O7S/c1-8-21-41-35(48)32(46)28(22-25-17-18-25)42-34(47)31-30-27(29(30)26-15-11-9-12-16-26)23-45(31)36(49)33(38(2,3)4)43-37(50)44-40(19-13-10-14-20-40)24-53(51,52)39(5,6)7/h8-9,11-12,15-16,25,27-31,33H,1,10,13-14,17-24H2,2-7H3,(H,41,48)(H,42,47)(H2,43,44,50)/t27-,28?,29?,30?,31?,33-/m1/s1. The molecule has 5 amide bonds. The zero-order chi connectivity index (χ0) is 38.9. The van der Waals surface area contributed by atoms with Crippen LogP contribution in [-0.4, -0.2) is 90.1 Å². The van der Waals surface area contributed by atoms with E-state index in [0.717, 1.165) is 37.7 Å². The van der Waals surface area contributed by atoms with Crippen LogP contribution in [0.1, 0.15) is 104 Å². The summed E-state index contributed by atoms with van der Waals surface area (Å²) in [7, 11) is -3.58. The number of Topliss-reactive ketones (excluding diaryl/α,β-unsaturated/α-hetero) is 1. The number of nitrogens with one attached hydrogen (secondary N) is 4. The van der Waals surface area contributed by atoms with Gasteiger partial charge in [0, 0.05) is 19.0 Å². The van der Waals surface area contributed by atoms with Crippen LogP contribution >= 0.6 is 0 Å². The number of carbonyl (C=O) groups excluding carboxylic acids is 5. The van der Waals surface area contributed by atoms with E-state index in [1.54, 1.807) is 20.8 Å². The Labute approximate surface area is 315 Å². The lowest BCUT2D eigenvalue weighted by molar-refractivity contribution is -0.144. The number of fused-ring (bicyclic) bond motifs is 1. The average molecular weight is 754 g/mol. The van der Waals surface area contributed by atoms with Gasteiger partial charge in [0.2, 0.25) is 17.6 Å². The second-order valence-electron chi connectivity index (χ2n) is 17.8. The van der Waals surface area contributed by atoms with Crippen LogP contribution in [0.5, 0.6) is 0 Å². The first-order chi connectivity index (χ1) is 24.8. The summed E-state index contributed by atoms with van der Waals surface area (Å²) in [6, 6.07) is 6.18. The van der Waals surface area contributed by atoms with Crippen molar-refractivity contribution in [1.82, 2.24) is 26.2 Å². The number of rotatable bonds is 14. The average Bonchev–Trinajstić information content (AvgIpc) is 4.00. The fraction of sp³-hybridized carbons (Fsp3) is 0.675. The van der Waals surface area contributed by atoms with Crippen LogP contribution in [0.4, 0.5) is 4.79 Å². The lowest BCUT2D eigenvalue weighted by atomic mass is 9.83. The Balaban J connectivity index is 1.39. The molecule has 12 nitrogen and oxygen atoms in total. The van der Waals surface area contributed by atoms with Crippen LogP contribution in [0.25, 0.3) is 0 Å². The number of amides is 5. The Kier molecular flexibility index (Phi) is 11.9. The first kappa shape index (κ1) is 40.4. The van der Waals surface area contributed by atoms with Crippen LogP contribution in [-0.2, 0) is 29.0 Å².